The van der Waals surface area contributed by atoms with Crippen LogP contribution in [0.4, 0.5) is 5.82 Å². The molecule has 0 fully saturated rings. The molecular formula is C15H17N3O2. The maximum atomic E-state index is 11.3. The Labute approximate surface area is 117 Å². The Morgan fingerprint density at radius 3 is 2.85 bits per heavy atom. The van der Waals surface area contributed by atoms with Crippen LogP contribution in [0.1, 0.15) is 16.8 Å². The highest BCUT2D eigenvalue weighted by Gasteiger charge is 2.11. The van der Waals surface area contributed by atoms with Crippen molar-refractivity contribution in [2.75, 3.05) is 25.5 Å². The summed E-state index contributed by atoms with van der Waals surface area (Å²) in [6.45, 7) is 0.506. The highest BCUT2D eigenvalue weighted by atomic mass is 16.1. The molecule has 0 bridgehead atoms. The molecule has 0 aliphatic rings. The summed E-state index contributed by atoms with van der Waals surface area (Å²) in [5, 5.41) is 3.50. The van der Waals surface area contributed by atoms with Gasteiger partial charge in [-0.05, 0) is 12.1 Å². The second kappa shape index (κ2) is 6.14. The minimum absolute atomic E-state index is 0.0368. The maximum absolute atomic E-state index is 11.3. The summed E-state index contributed by atoms with van der Waals surface area (Å²) >= 11 is 0. The van der Waals surface area contributed by atoms with E-state index < -0.39 is 0 Å². The number of nitrogens with zero attached hydrogens (tertiary/aromatic N) is 2. The van der Waals surface area contributed by atoms with Gasteiger partial charge in [-0.2, -0.15) is 0 Å². The van der Waals surface area contributed by atoms with Crippen molar-refractivity contribution in [2.24, 2.45) is 0 Å². The first kappa shape index (κ1) is 14.0. The molecule has 0 radical (unpaired) electrons. The Morgan fingerprint density at radius 2 is 2.15 bits per heavy atom. The molecule has 0 aliphatic carbocycles. The lowest BCUT2D eigenvalue weighted by Crippen LogP contribution is -2.27. The molecule has 1 aromatic carbocycles. The van der Waals surface area contributed by atoms with Crippen LogP contribution in [-0.2, 0) is 4.79 Å². The topological polar surface area (TPSA) is 62.3 Å². The molecule has 5 heteroatoms. The number of carbonyl (C=O) groups is 2. The Hall–Kier alpha value is -2.43. The third-order valence-corrected chi connectivity index (χ3v) is 3.17. The van der Waals surface area contributed by atoms with Gasteiger partial charge >= 0.3 is 0 Å². The summed E-state index contributed by atoms with van der Waals surface area (Å²) in [4.78, 5) is 28.8. The van der Waals surface area contributed by atoms with Crippen molar-refractivity contribution >= 4 is 28.9 Å². The summed E-state index contributed by atoms with van der Waals surface area (Å²) in [5.74, 6) is 0.563. The predicted octanol–water partition coefficient (Wildman–Crippen LogP) is 1.62. The lowest BCUT2D eigenvalue weighted by Gasteiger charge is -2.19. The summed E-state index contributed by atoms with van der Waals surface area (Å²) in [5.41, 5.74) is 1.36. The molecule has 0 atom stereocenters. The number of aldehydes is 1. The molecule has 1 N–H and O–H groups in total. The summed E-state index contributed by atoms with van der Waals surface area (Å²) in [6, 6.07) is 9.46. The number of hydrogen-bond donors (Lipinski definition) is 1. The molecule has 1 aromatic heterocycles. The molecule has 0 saturated carbocycles. The molecule has 0 saturated heterocycles. The Kier molecular flexibility index (Phi) is 4.30. The van der Waals surface area contributed by atoms with E-state index >= 15 is 0 Å². The van der Waals surface area contributed by atoms with Crippen LogP contribution in [0.15, 0.2) is 30.3 Å². The SMILES string of the molecule is CNC(=O)CCN(C)c1nc2ccccc2cc1C=O. The largest absolute Gasteiger partial charge is 0.359 e. The normalized spacial score (nSPS) is 10.3. The van der Waals surface area contributed by atoms with Crippen LogP contribution in [0.2, 0.25) is 0 Å². The monoisotopic (exact) mass is 271 g/mol. The van der Waals surface area contributed by atoms with Crippen LogP contribution in [0.5, 0.6) is 0 Å². The summed E-state index contributed by atoms with van der Waals surface area (Å²) in [6.07, 6.45) is 1.16. The highest BCUT2D eigenvalue weighted by molar-refractivity contribution is 5.91. The van der Waals surface area contributed by atoms with E-state index in [4.69, 9.17) is 0 Å². The Balaban J connectivity index is 2.31. The van der Waals surface area contributed by atoms with Crippen molar-refractivity contribution in [2.45, 2.75) is 6.42 Å². The van der Waals surface area contributed by atoms with Crippen molar-refractivity contribution in [1.29, 1.82) is 0 Å². The van der Waals surface area contributed by atoms with Gasteiger partial charge in [-0.25, -0.2) is 4.98 Å². The number of rotatable bonds is 5. The molecule has 104 valence electrons. The van der Waals surface area contributed by atoms with Crippen molar-refractivity contribution < 1.29 is 9.59 Å². The second-order valence-electron chi connectivity index (χ2n) is 4.56. The first-order chi connectivity index (χ1) is 9.65. The van der Waals surface area contributed by atoms with E-state index in [9.17, 15) is 9.59 Å². The van der Waals surface area contributed by atoms with Gasteiger partial charge in [-0.15, -0.1) is 0 Å². The van der Waals surface area contributed by atoms with Gasteiger partial charge in [0.15, 0.2) is 6.29 Å². The zero-order valence-electron chi connectivity index (χ0n) is 11.6. The van der Waals surface area contributed by atoms with Crippen molar-refractivity contribution in [3.05, 3.63) is 35.9 Å². The molecular weight excluding hydrogens is 254 g/mol. The molecule has 0 spiro atoms. The highest BCUT2D eigenvalue weighted by Crippen LogP contribution is 2.21. The number of aromatic nitrogens is 1. The molecule has 5 nitrogen and oxygen atoms in total. The molecule has 2 rings (SSSR count). The molecule has 20 heavy (non-hydrogen) atoms. The predicted molar refractivity (Wildman–Crippen MR) is 79.1 cm³/mol. The lowest BCUT2D eigenvalue weighted by atomic mass is 10.1. The van der Waals surface area contributed by atoms with Gasteiger partial charge in [0.2, 0.25) is 5.91 Å². The van der Waals surface area contributed by atoms with E-state index in [-0.39, 0.29) is 5.91 Å². The molecule has 1 amide bonds. The van der Waals surface area contributed by atoms with Gasteiger partial charge in [-0.3, -0.25) is 9.59 Å². The third kappa shape index (κ3) is 2.93. The van der Waals surface area contributed by atoms with E-state index in [1.807, 2.05) is 42.3 Å². The van der Waals surface area contributed by atoms with Crippen LogP contribution in [-0.4, -0.2) is 37.8 Å². The first-order valence-corrected chi connectivity index (χ1v) is 6.42. The van der Waals surface area contributed by atoms with Crippen molar-refractivity contribution in [3.63, 3.8) is 0 Å². The van der Waals surface area contributed by atoms with E-state index in [1.54, 1.807) is 7.05 Å². The molecule has 0 unspecified atom stereocenters. The maximum Gasteiger partial charge on any atom is 0.221 e. The fraction of sp³-hybridized carbons (Fsp3) is 0.267. The molecule has 0 aliphatic heterocycles. The number of amides is 1. The third-order valence-electron chi connectivity index (χ3n) is 3.17. The van der Waals surface area contributed by atoms with Crippen LogP contribution >= 0.6 is 0 Å². The fourth-order valence-electron chi connectivity index (χ4n) is 2.01. The number of pyridine rings is 1. The minimum Gasteiger partial charge on any atom is -0.359 e. The van der Waals surface area contributed by atoms with Gasteiger partial charge in [0.05, 0.1) is 11.1 Å². The summed E-state index contributed by atoms with van der Waals surface area (Å²) < 4.78 is 0. The number of benzene rings is 1. The number of carbonyl (C=O) groups excluding carboxylic acids is 2. The van der Waals surface area contributed by atoms with Gasteiger partial charge in [0.25, 0.3) is 0 Å². The van der Waals surface area contributed by atoms with E-state index in [2.05, 4.69) is 10.3 Å². The average Bonchev–Trinajstić information content (AvgIpc) is 2.50. The minimum atomic E-state index is -0.0368. The zero-order valence-corrected chi connectivity index (χ0v) is 11.6. The zero-order chi connectivity index (χ0) is 14.5. The standard InChI is InChI=1S/C15H17N3O2/c1-16-14(20)7-8-18(2)15-12(10-19)9-11-5-3-4-6-13(11)17-15/h3-6,9-10H,7-8H2,1-2H3,(H,16,20). The van der Waals surface area contributed by atoms with Crippen molar-refractivity contribution in [1.82, 2.24) is 10.3 Å². The fourth-order valence-corrected chi connectivity index (χ4v) is 2.01. The van der Waals surface area contributed by atoms with E-state index in [0.717, 1.165) is 17.2 Å². The second-order valence-corrected chi connectivity index (χ2v) is 4.56. The molecule has 2 aromatic rings. The van der Waals surface area contributed by atoms with E-state index in [0.29, 0.717) is 24.3 Å². The average molecular weight is 271 g/mol. The van der Waals surface area contributed by atoms with Gasteiger partial charge in [-0.1, -0.05) is 18.2 Å². The van der Waals surface area contributed by atoms with Gasteiger partial charge < -0.3 is 10.2 Å². The number of hydrogen-bond acceptors (Lipinski definition) is 4. The van der Waals surface area contributed by atoms with Crippen LogP contribution < -0.4 is 10.2 Å². The number of anilines is 1. The number of para-hydroxylation sites is 1. The first-order valence-electron chi connectivity index (χ1n) is 6.42. The van der Waals surface area contributed by atoms with Gasteiger partial charge in [0, 0.05) is 32.4 Å². The number of fused-ring (bicyclic) bond motifs is 1. The van der Waals surface area contributed by atoms with Crippen LogP contribution in [0, 0.1) is 0 Å². The lowest BCUT2D eigenvalue weighted by molar-refractivity contribution is -0.120. The Bertz CT molecular complexity index is 640. The van der Waals surface area contributed by atoms with Crippen molar-refractivity contribution in [3.8, 4) is 0 Å². The summed E-state index contributed by atoms with van der Waals surface area (Å²) in [7, 11) is 3.43. The van der Waals surface area contributed by atoms with Crippen LogP contribution in [0.3, 0.4) is 0 Å². The van der Waals surface area contributed by atoms with Crippen LogP contribution in [0.25, 0.3) is 10.9 Å². The molecule has 1 heterocycles. The van der Waals surface area contributed by atoms with Gasteiger partial charge in [0.1, 0.15) is 5.82 Å². The quantitative estimate of drug-likeness (QED) is 0.839. The number of nitrogens with one attached hydrogen (secondary N) is 1. The van der Waals surface area contributed by atoms with E-state index in [1.165, 1.54) is 0 Å². The Morgan fingerprint density at radius 1 is 1.40 bits per heavy atom. The smallest absolute Gasteiger partial charge is 0.221 e.